The van der Waals surface area contributed by atoms with Crippen LogP contribution in [0.5, 0.6) is 0 Å². The molecule has 0 radical (unpaired) electrons. The molecule has 7 heteroatoms. The minimum absolute atomic E-state index is 0.0899. The molecule has 2 aromatic rings. The first-order chi connectivity index (χ1) is 16.2. The van der Waals surface area contributed by atoms with Gasteiger partial charge >= 0.3 is 5.97 Å². The molecule has 6 nitrogen and oxygen atoms in total. The van der Waals surface area contributed by atoms with Gasteiger partial charge < -0.3 is 15.4 Å². The summed E-state index contributed by atoms with van der Waals surface area (Å²) in [6.45, 7) is 4.49. The Kier molecular flexibility index (Phi) is 5.44. The largest absolute Gasteiger partial charge is 0.451 e. The van der Waals surface area contributed by atoms with E-state index in [1.807, 2.05) is 19.9 Å². The van der Waals surface area contributed by atoms with E-state index in [1.54, 1.807) is 24.3 Å². The fourth-order valence-corrected chi connectivity index (χ4v) is 5.48. The number of carbonyl (C=O) groups excluding carboxylic acids is 2. The summed E-state index contributed by atoms with van der Waals surface area (Å²) in [5, 5.41) is 15.8. The first-order valence-corrected chi connectivity index (χ1v) is 11.8. The van der Waals surface area contributed by atoms with E-state index in [1.165, 1.54) is 6.07 Å². The SMILES string of the molecule is CC1(C)OC(=O)c2ccc(-c3ccc(C[C@@H](C#N)NC(=O)C45CCC(CC4)CN5)c(F)c3)cc21. The Morgan fingerprint density at radius 3 is 2.59 bits per heavy atom. The van der Waals surface area contributed by atoms with Crippen molar-refractivity contribution in [1.29, 1.82) is 5.26 Å². The summed E-state index contributed by atoms with van der Waals surface area (Å²) in [5.41, 5.74) is 1.78. The zero-order chi connectivity index (χ0) is 24.1. The number of ether oxygens (including phenoxy) is 1. The highest BCUT2D eigenvalue weighted by atomic mass is 19.1. The number of hydrogen-bond acceptors (Lipinski definition) is 5. The second-order valence-corrected chi connectivity index (χ2v) is 10.2. The molecule has 1 amide bonds. The van der Waals surface area contributed by atoms with E-state index in [0.717, 1.165) is 43.4 Å². The lowest BCUT2D eigenvalue weighted by Gasteiger charge is -2.46. The fraction of sp³-hybridized carbons (Fsp3) is 0.444. The number of nitrogens with one attached hydrogen (secondary N) is 2. The van der Waals surface area contributed by atoms with Crippen molar-refractivity contribution in [3.8, 4) is 17.2 Å². The molecular formula is C27H28FN3O3. The highest BCUT2D eigenvalue weighted by Gasteiger charge is 2.46. The lowest BCUT2D eigenvalue weighted by atomic mass is 9.71. The maximum absolute atomic E-state index is 15.0. The number of piperidine rings is 2. The van der Waals surface area contributed by atoms with E-state index in [9.17, 15) is 14.9 Å². The second-order valence-electron chi connectivity index (χ2n) is 10.2. The third-order valence-corrected chi connectivity index (χ3v) is 7.63. The molecule has 34 heavy (non-hydrogen) atoms. The summed E-state index contributed by atoms with van der Waals surface area (Å²) in [6.07, 6.45) is 3.69. The molecule has 3 aliphatic heterocycles. The van der Waals surface area contributed by atoms with E-state index in [4.69, 9.17) is 4.74 Å². The summed E-state index contributed by atoms with van der Waals surface area (Å²) >= 11 is 0. The molecule has 0 unspecified atom stereocenters. The molecule has 1 atom stereocenters. The van der Waals surface area contributed by atoms with Gasteiger partial charge in [0.05, 0.1) is 17.2 Å². The van der Waals surface area contributed by atoms with E-state index in [0.29, 0.717) is 22.6 Å². The highest BCUT2D eigenvalue weighted by Crippen LogP contribution is 2.39. The molecule has 2 aromatic carbocycles. The number of fused-ring (bicyclic) bond motifs is 4. The van der Waals surface area contributed by atoms with E-state index in [-0.39, 0.29) is 18.3 Å². The van der Waals surface area contributed by atoms with Crippen LogP contribution in [0, 0.1) is 23.1 Å². The standard InChI is InChI=1S/C27H28FN3O3/c1-26(2)22-12-17(5-6-21(22)24(32)34-26)18-3-4-19(23(28)13-18)11-20(14-29)31-25(33)27-9-7-16(8-10-27)15-30-27/h3-6,12-13,16,20,30H,7-11,15H2,1-2H3,(H,31,33)/t16?,20-,27?/m0/s1. The average molecular weight is 462 g/mol. The van der Waals surface area contributed by atoms with Crippen LogP contribution < -0.4 is 10.6 Å². The number of esters is 1. The molecule has 0 aromatic heterocycles. The maximum atomic E-state index is 15.0. The third-order valence-electron chi connectivity index (χ3n) is 7.63. The molecule has 1 saturated carbocycles. The number of nitriles is 1. The Bertz CT molecular complexity index is 1190. The molecule has 3 heterocycles. The molecule has 176 valence electrons. The van der Waals surface area contributed by atoms with Crippen molar-refractivity contribution in [2.45, 2.75) is 63.1 Å². The molecule has 2 saturated heterocycles. The quantitative estimate of drug-likeness (QED) is 0.658. The first kappa shape index (κ1) is 22.5. The Morgan fingerprint density at radius 1 is 1.24 bits per heavy atom. The summed E-state index contributed by atoms with van der Waals surface area (Å²) in [6, 6.07) is 11.5. The number of hydrogen-bond donors (Lipinski definition) is 2. The van der Waals surface area contributed by atoms with Crippen LogP contribution in [0.25, 0.3) is 11.1 Å². The molecule has 1 aliphatic carbocycles. The molecule has 4 aliphatic rings. The summed E-state index contributed by atoms with van der Waals surface area (Å²) in [5.74, 6) is -0.312. The van der Waals surface area contributed by atoms with Crippen LogP contribution >= 0.6 is 0 Å². The first-order valence-electron chi connectivity index (χ1n) is 11.8. The van der Waals surface area contributed by atoms with Crippen molar-refractivity contribution < 1.29 is 18.7 Å². The van der Waals surface area contributed by atoms with Crippen molar-refractivity contribution >= 4 is 11.9 Å². The van der Waals surface area contributed by atoms with Gasteiger partial charge in [0.2, 0.25) is 5.91 Å². The van der Waals surface area contributed by atoms with Crippen molar-refractivity contribution in [1.82, 2.24) is 10.6 Å². The number of carbonyl (C=O) groups is 2. The zero-order valence-electron chi connectivity index (χ0n) is 19.4. The van der Waals surface area contributed by atoms with Crippen molar-refractivity contribution in [2.24, 2.45) is 5.92 Å². The third kappa shape index (κ3) is 3.86. The monoisotopic (exact) mass is 461 g/mol. The normalized spacial score (nSPS) is 25.2. The predicted molar refractivity (Wildman–Crippen MR) is 124 cm³/mol. The highest BCUT2D eigenvalue weighted by molar-refractivity contribution is 5.95. The van der Waals surface area contributed by atoms with Crippen LogP contribution in [-0.2, 0) is 21.6 Å². The number of amides is 1. The number of rotatable bonds is 5. The zero-order valence-corrected chi connectivity index (χ0v) is 19.4. The fourth-order valence-electron chi connectivity index (χ4n) is 5.48. The van der Waals surface area contributed by atoms with Crippen molar-refractivity contribution in [3.05, 3.63) is 58.9 Å². The van der Waals surface area contributed by atoms with Crippen LogP contribution in [0.15, 0.2) is 36.4 Å². The Labute approximate surface area is 198 Å². The van der Waals surface area contributed by atoms with Crippen molar-refractivity contribution in [3.63, 3.8) is 0 Å². The molecule has 6 rings (SSSR count). The molecule has 0 spiro atoms. The van der Waals surface area contributed by atoms with Gasteiger partial charge in [-0.15, -0.1) is 0 Å². The van der Waals surface area contributed by atoms with Gasteiger partial charge in [0.15, 0.2) is 0 Å². The second kappa shape index (κ2) is 8.21. The van der Waals surface area contributed by atoms with Gasteiger partial charge in [-0.3, -0.25) is 4.79 Å². The van der Waals surface area contributed by atoms with Crippen LogP contribution in [-0.4, -0.2) is 30.0 Å². The molecule has 2 bridgehead atoms. The molecule has 2 N–H and O–H groups in total. The van der Waals surface area contributed by atoms with Gasteiger partial charge in [-0.05, 0) is 86.9 Å². The van der Waals surface area contributed by atoms with Crippen LogP contribution in [0.4, 0.5) is 4.39 Å². The molecule has 3 fully saturated rings. The minimum Gasteiger partial charge on any atom is -0.451 e. The maximum Gasteiger partial charge on any atom is 0.339 e. The van der Waals surface area contributed by atoms with Crippen molar-refractivity contribution in [2.75, 3.05) is 6.54 Å². The van der Waals surface area contributed by atoms with Gasteiger partial charge in [-0.2, -0.15) is 5.26 Å². The number of cyclic esters (lactones) is 1. The average Bonchev–Trinajstić information content (AvgIpc) is 3.08. The van der Waals surface area contributed by atoms with Crippen LogP contribution in [0.1, 0.15) is 61.0 Å². The number of halogens is 1. The summed E-state index contributed by atoms with van der Waals surface area (Å²) in [7, 11) is 0. The van der Waals surface area contributed by atoms with Gasteiger partial charge in [-0.25, -0.2) is 9.18 Å². The number of nitrogens with zero attached hydrogens (tertiary/aromatic N) is 1. The van der Waals surface area contributed by atoms with E-state index < -0.39 is 23.0 Å². The molecular weight excluding hydrogens is 433 g/mol. The summed E-state index contributed by atoms with van der Waals surface area (Å²) in [4.78, 5) is 25.0. The Morgan fingerprint density at radius 2 is 1.94 bits per heavy atom. The Balaban J connectivity index is 1.32. The number of benzene rings is 2. The van der Waals surface area contributed by atoms with E-state index >= 15 is 4.39 Å². The lowest BCUT2D eigenvalue weighted by Crippen LogP contribution is -2.64. The van der Waals surface area contributed by atoms with Gasteiger partial charge in [0, 0.05) is 12.0 Å². The lowest BCUT2D eigenvalue weighted by molar-refractivity contribution is -0.131. The summed E-state index contributed by atoms with van der Waals surface area (Å²) < 4.78 is 20.5. The van der Waals surface area contributed by atoms with E-state index in [2.05, 4.69) is 16.7 Å². The van der Waals surface area contributed by atoms with Crippen LogP contribution in [0.3, 0.4) is 0 Å². The minimum atomic E-state index is -0.812. The topological polar surface area (TPSA) is 91.2 Å². The van der Waals surface area contributed by atoms with Gasteiger partial charge in [-0.1, -0.05) is 18.2 Å². The smallest absolute Gasteiger partial charge is 0.339 e. The van der Waals surface area contributed by atoms with Gasteiger partial charge in [0.1, 0.15) is 17.5 Å². The Hall–Kier alpha value is -3.24. The van der Waals surface area contributed by atoms with Crippen LogP contribution in [0.2, 0.25) is 0 Å². The van der Waals surface area contributed by atoms with Gasteiger partial charge in [0.25, 0.3) is 0 Å². The predicted octanol–water partition coefficient (Wildman–Crippen LogP) is 3.98.